The molecule has 1 aliphatic heterocycles. The maximum absolute atomic E-state index is 12.7. The van der Waals surface area contributed by atoms with E-state index in [1.807, 2.05) is 0 Å². The van der Waals surface area contributed by atoms with Crippen molar-refractivity contribution in [2.24, 2.45) is 11.8 Å². The zero-order chi connectivity index (χ0) is 19.5. The summed E-state index contributed by atoms with van der Waals surface area (Å²) in [6.07, 6.45) is -0.915. The summed E-state index contributed by atoms with van der Waals surface area (Å²) >= 11 is 0. The van der Waals surface area contributed by atoms with E-state index in [9.17, 15) is 19.5 Å². The molecule has 1 fully saturated rings. The fraction of sp³-hybridized carbons (Fsp3) is 0.722. The van der Waals surface area contributed by atoms with Crippen molar-refractivity contribution in [1.29, 1.82) is 0 Å². The monoisotopic (exact) mass is 355 g/mol. The number of amides is 1. The van der Waals surface area contributed by atoms with Crippen molar-refractivity contribution < 1.29 is 29.0 Å². The summed E-state index contributed by atoms with van der Waals surface area (Å²) in [5.41, 5.74) is -0.0151. The van der Waals surface area contributed by atoms with E-state index in [1.54, 1.807) is 41.5 Å². The summed E-state index contributed by atoms with van der Waals surface area (Å²) < 4.78 is 10.5. The fourth-order valence-corrected chi connectivity index (χ4v) is 3.51. The Morgan fingerprint density at radius 2 is 1.80 bits per heavy atom. The number of aliphatic carboxylic acids is 1. The number of nitrogens with zero attached hydrogens (tertiary/aromatic N) is 1. The molecule has 1 amide bonds. The van der Waals surface area contributed by atoms with Crippen LogP contribution in [0.15, 0.2) is 12.2 Å². The summed E-state index contributed by atoms with van der Waals surface area (Å²) in [7, 11) is 0. The van der Waals surface area contributed by atoms with Crippen molar-refractivity contribution in [3.05, 3.63) is 12.2 Å². The van der Waals surface area contributed by atoms with Gasteiger partial charge in [0.05, 0.1) is 13.0 Å². The Kier molecular flexibility index (Phi) is 6.62. The molecule has 4 atom stereocenters. The number of esters is 1. The molecule has 0 bridgehead atoms. The zero-order valence-corrected chi connectivity index (χ0v) is 15.9. The lowest BCUT2D eigenvalue weighted by Crippen LogP contribution is -2.48. The highest BCUT2D eigenvalue weighted by Gasteiger charge is 2.54. The third-order valence-electron chi connectivity index (χ3n) is 4.24. The minimum Gasteiger partial charge on any atom is -0.481 e. The Morgan fingerprint density at radius 1 is 1.24 bits per heavy atom. The van der Waals surface area contributed by atoms with Gasteiger partial charge in [0, 0.05) is 17.9 Å². The second-order valence-corrected chi connectivity index (χ2v) is 7.46. The van der Waals surface area contributed by atoms with E-state index in [0.29, 0.717) is 0 Å². The first-order valence-corrected chi connectivity index (χ1v) is 8.45. The van der Waals surface area contributed by atoms with Crippen molar-refractivity contribution in [3.8, 4) is 0 Å². The molecular weight excluding hydrogens is 326 g/mol. The summed E-state index contributed by atoms with van der Waals surface area (Å²) in [4.78, 5) is 37.9. The molecule has 1 saturated heterocycles. The van der Waals surface area contributed by atoms with Crippen LogP contribution in [0.3, 0.4) is 0 Å². The van der Waals surface area contributed by atoms with Crippen LogP contribution in [0.2, 0.25) is 0 Å². The van der Waals surface area contributed by atoms with E-state index in [4.69, 9.17) is 9.47 Å². The zero-order valence-electron chi connectivity index (χ0n) is 15.9. The van der Waals surface area contributed by atoms with Crippen LogP contribution < -0.4 is 0 Å². The molecule has 0 aliphatic carbocycles. The average molecular weight is 355 g/mol. The molecule has 1 aliphatic rings. The van der Waals surface area contributed by atoms with Crippen LogP contribution in [0.1, 0.15) is 48.0 Å². The number of carboxylic acids is 1. The summed E-state index contributed by atoms with van der Waals surface area (Å²) in [6, 6.07) is -1.44. The van der Waals surface area contributed by atoms with Crippen molar-refractivity contribution >= 4 is 18.0 Å². The van der Waals surface area contributed by atoms with Gasteiger partial charge in [-0.15, -0.1) is 0 Å². The van der Waals surface area contributed by atoms with Crippen molar-refractivity contribution in [3.63, 3.8) is 0 Å². The van der Waals surface area contributed by atoms with E-state index in [2.05, 4.69) is 6.58 Å². The molecule has 7 nitrogen and oxygen atoms in total. The highest BCUT2D eigenvalue weighted by Crippen LogP contribution is 2.42. The quantitative estimate of drug-likeness (QED) is 0.602. The largest absolute Gasteiger partial charge is 0.481 e. The normalized spacial score (nSPS) is 26.2. The van der Waals surface area contributed by atoms with Crippen LogP contribution in [0, 0.1) is 11.8 Å². The van der Waals surface area contributed by atoms with Crippen LogP contribution in [0.25, 0.3) is 0 Å². The molecule has 0 saturated carbocycles. The first kappa shape index (κ1) is 21.0. The lowest BCUT2D eigenvalue weighted by atomic mass is 9.81. The Hall–Kier alpha value is -2.05. The van der Waals surface area contributed by atoms with Gasteiger partial charge in [0.15, 0.2) is 0 Å². The third kappa shape index (κ3) is 4.96. The Balaban J connectivity index is 3.33. The molecular formula is C18H29NO6. The number of hydrogen-bond acceptors (Lipinski definition) is 5. The maximum atomic E-state index is 12.7. The SMILES string of the molecule is C=C(C)[C@@H]1[C@H](CC(=O)O)[C@@H](C(=O)OCC)N(C(=O)OC(C)(C)C)[C@H]1C. The van der Waals surface area contributed by atoms with Gasteiger partial charge >= 0.3 is 18.0 Å². The van der Waals surface area contributed by atoms with E-state index in [1.165, 1.54) is 4.90 Å². The lowest BCUT2D eigenvalue weighted by Gasteiger charge is -2.31. The minimum atomic E-state index is -1.04. The van der Waals surface area contributed by atoms with E-state index >= 15 is 0 Å². The summed E-state index contributed by atoms with van der Waals surface area (Å²) in [5, 5.41) is 9.28. The molecule has 7 heteroatoms. The first-order valence-electron chi connectivity index (χ1n) is 8.45. The molecule has 1 heterocycles. The fourth-order valence-electron chi connectivity index (χ4n) is 3.51. The van der Waals surface area contributed by atoms with Gasteiger partial charge in [-0.05, 0) is 41.5 Å². The molecule has 0 unspecified atom stereocenters. The number of hydrogen-bond donors (Lipinski definition) is 1. The maximum Gasteiger partial charge on any atom is 0.411 e. The molecule has 0 aromatic rings. The standard InChI is InChI=1S/C18H29NO6/c1-8-24-16(22)15-12(9-13(20)21)14(10(2)3)11(4)19(15)17(23)25-18(5,6)7/h11-12,14-15H,2,8-9H2,1,3-7H3,(H,20,21)/t11-,12-,14-,15-/m0/s1. The molecule has 1 rings (SSSR count). The number of carbonyl (C=O) groups excluding carboxylic acids is 2. The highest BCUT2D eigenvalue weighted by molar-refractivity contribution is 5.84. The second kappa shape index (κ2) is 7.89. The molecule has 0 spiro atoms. The Morgan fingerprint density at radius 3 is 2.20 bits per heavy atom. The number of carbonyl (C=O) groups is 3. The average Bonchev–Trinajstić information content (AvgIpc) is 2.68. The number of likely N-dealkylation sites (tertiary alicyclic amines) is 1. The first-order chi connectivity index (χ1) is 11.4. The highest BCUT2D eigenvalue weighted by atomic mass is 16.6. The van der Waals surface area contributed by atoms with Gasteiger partial charge in [-0.3, -0.25) is 9.69 Å². The van der Waals surface area contributed by atoms with Crippen molar-refractivity contribution in [2.75, 3.05) is 6.61 Å². The minimum absolute atomic E-state index is 0.142. The van der Waals surface area contributed by atoms with Gasteiger partial charge in [-0.25, -0.2) is 9.59 Å². The van der Waals surface area contributed by atoms with Crippen LogP contribution >= 0.6 is 0 Å². The van der Waals surface area contributed by atoms with Gasteiger partial charge in [0.1, 0.15) is 11.6 Å². The Labute approximate surface area is 149 Å². The molecule has 1 N–H and O–H groups in total. The molecule has 142 valence electrons. The van der Waals surface area contributed by atoms with Gasteiger partial charge in [0.2, 0.25) is 0 Å². The van der Waals surface area contributed by atoms with E-state index in [0.717, 1.165) is 5.57 Å². The number of ether oxygens (including phenoxy) is 2. The van der Waals surface area contributed by atoms with Crippen LogP contribution in [-0.2, 0) is 19.1 Å². The molecule has 0 aromatic carbocycles. The van der Waals surface area contributed by atoms with E-state index < -0.39 is 41.6 Å². The van der Waals surface area contributed by atoms with E-state index in [-0.39, 0.29) is 18.9 Å². The molecule has 0 aromatic heterocycles. The number of carboxylic acid groups (broad SMARTS) is 1. The third-order valence-corrected chi connectivity index (χ3v) is 4.24. The molecule has 0 radical (unpaired) electrons. The Bertz CT molecular complexity index is 550. The van der Waals surface area contributed by atoms with Gasteiger partial charge < -0.3 is 14.6 Å². The van der Waals surface area contributed by atoms with Crippen molar-refractivity contribution in [1.82, 2.24) is 4.90 Å². The summed E-state index contributed by atoms with van der Waals surface area (Å²) in [6.45, 7) is 14.5. The van der Waals surface area contributed by atoms with Gasteiger partial charge in [0.25, 0.3) is 0 Å². The predicted octanol–water partition coefficient (Wildman–Crippen LogP) is 2.84. The molecule has 25 heavy (non-hydrogen) atoms. The van der Waals surface area contributed by atoms with Crippen LogP contribution in [0.4, 0.5) is 4.79 Å². The van der Waals surface area contributed by atoms with Gasteiger partial charge in [-0.1, -0.05) is 12.2 Å². The second-order valence-electron chi connectivity index (χ2n) is 7.46. The topological polar surface area (TPSA) is 93.1 Å². The van der Waals surface area contributed by atoms with Crippen LogP contribution in [-0.4, -0.2) is 52.3 Å². The van der Waals surface area contributed by atoms with Gasteiger partial charge in [-0.2, -0.15) is 0 Å². The summed E-state index contributed by atoms with van der Waals surface area (Å²) in [5.74, 6) is -2.60. The van der Waals surface area contributed by atoms with Crippen LogP contribution in [0.5, 0.6) is 0 Å². The smallest absolute Gasteiger partial charge is 0.411 e. The van der Waals surface area contributed by atoms with Crippen molar-refractivity contribution in [2.45, 2.75) is 65.6 Å². The predicted molar refractivity (Wildman–Crippen MR) is 92.0 cm³/mol. The number of rotatable bonds is 5. The lowest BCUT2D eigenvalue weighted by molar-refractivity contribution is -0.150.